The highest BCUT2D eigenvalue weighted by molar-refractivity contribution is 6.30. The average Bonchev–Trinajstić information content (AvgIpc) is 3.57. The van der Waals surface area contributed by atoms with Gasteiger partial charge in [0, 0.05) is 67.1 Å². The normalized spacial score (nSPS) is 24.0. The van der Waals surface area contributed by atoms with E-state index in [9.17, 15) is 9.90 Å². The number of aromatic nitrogens is 3. The Morgan fingerprint density at radius 1 is 0.952 bits per heavy atom. The summed E-state index contributed by atoms with van der Waals surface area (Å²) in [5.74, 6) is 3.71. The first-order chi connectivity index (χ1) is 30.1. The number of nitrogens with zero attached hydrogens (tertiary/aromatic N) is 5. The Kier molecular flexibility index (Phi) is 12.2. The molecular weight excluding hydrogens is 796 g/mol. The first-order valence-corrected chi connectivity index (χ1v) is 22.9. The molecule has 10 nitrogen and oxygen atoms in total. The largest absolute Gasteiger partial charge is 0.496 e. The summed E-state index contributed by atoms with van der Waals surface area (Å²) in [6.45, 7) is 9.73. The van der Waals surface area contributed by atoms with Crippen molar-refractivity contribution < 1.29 is 19.4 Å². The van der Waals surface area contributed by atoms with Gasteiger partial charge in [0.25, 0.3) is 0 Å². The highest BCUT2D eigenvalue weighted by atomic mass is 35.5. The summed E-state index contributed by atoms with van der Waals surface area (Å²) in [6, 6.07) is 26.5. The Bertz CT molecular complexity index is 2390. The number of ether oxygens (including phenoxy) is 2. The second kappa shape index (κ2) is 17.9. The first-order valence-electron chi connectivity index (χ1n) is 22.6. The monoisotopic (exact) mass is 854 g/mol. The Labute approximate surface area is 371 Å². The van der Waals surface area contributed by atoms with Gasteiger partial charge in [-0.2, -0.15) is 0 Å². The van der Waals surface area contributed by atoms with Crippen molar-refractivity contribution in [3.63, 3.8) is 0 Å². The molecule has 1 unspecified atom stereocenters. The van der Waals surface area contributed by atoms with E-state index in [0.29, 0.717) is 48.0 Å². The molecule has 1 saturated heterocycles. The number of pyridine rings is 1. The van der Waals surface area contributed by atoms with Gasteiger partial charge in [0.15, 0.2) is 5.82 Å². The van der Waals surface area contributed by atoms with Gasteiger partial charge < -0.3 is 24.8 Å². The van der Waals surface area contributed by atoms with E-state index in [4.69, 9.17) is 31.0 Å². The second-order valence-corrected chi connectivity index (χ2v) is 18.8. The summed E-state index contributed by atoms with van der Waals surface area (Å²) in [5.41, 5.74) is 7.09. The van der Waals surface area contributed by atoms with Gasteiger partial charge in [-0.3, -0.25) is 9.88 Å². The predicted molar refractivity (Wildman–Crippen MR) is 246 cm³/mol. The molecule has 62 heavy (non-hydrogen) atoms. The maximum absolute atomic E-state index is 13.2. The third-order valence-corrected chi connectivity index (χ3v) is 14.7. The van der Waals surface area contributed by atoms with Gasteiger partial charge in [-0.25, -0.2) is 14.8 Å². The molecule has 0 bridgehead atoms. The maximum atomic E-state index is 13.2. The number of hydrogen-bond acceptors (Lipinski definition) is 9. The molecule has 3 heterocycles. The molecule has 1 spiro atoms. The van der Waals surface area contributed by atoms with Gasteiger partial charge in [-0.1, -0.05) is 61.8 Å². The SMILES string of the molecule is COc1ccccc1-c1nccc(N2CCN(Cc3ccc4c(c3)C3(CCC(Nc5cccc(Cl)c5)(C(=O)O)CC3)C(C[C@@H](C)COc3ccnc5c3[C@H](C)CCC5)C4)CC2)n1. The van der Waals surface area contributed by atoms with Crippen molar-refractivity contribution in [1.82, 2.24) is 19.9 Å². The molecule has 0 amide bonds. The minimum absolute atomic E-state index is 0.121. The molecule has 0 radical (unpaired) electrons. The number of anilines is 2. The molecule has 3 aromatic carbocycles. The number of carboxylic acid groups (broad SMARTS) is 1. The minimum atomic E-state index is -1.07. The topological polar surface area (TPSA) is 113 Å². The van der Waals surface area contributed by atoms with Crippen molar-refractivity contribution in [2.45, 2.75) is 95.1 Å². The quantitative estimate of drug-likeness (QED) is 0.119. The molecule has 1 saturated carbocycles. The highest BCUT2D eigenvalue weighted by Gasteiger charge is 2.54. The van der Waals surface area contributed by atoms with Crippen molar-refractivity contribution in [1.29, 1.82) is 0 Å². The molecule has 11 heteroatoms. The lowest BCUT2D eigenvalue weighted by Crippen LogP contribution is -2.53. The number of carboxylic acids is 1. The molecular formula is C51H59ClN6O4. The number of piperazine rings is 1. The van der Waals surface area contributed by atoms with Gasteiger partial charge >= 0.3 is 5.97 Å². The van der Waals surface area contributed by atoms with Gasteiger partial charge in [-0.15, -0.1) is 0 Å². The van der Waals surface area contributed by atoms with Gasteiger partial charge in [0.2, 0.25) is 0 Å². The molecule has 3 aliphatic carbocycles. The first kappa shape index (κ1) is 42.1. The Hall–Kier alpha value is -5.19. The van der Waals surface area contributed by atoms with Crippen LogP contribution in [0.3, 0.4) is 0 Å². The van der Waals surface area contributed by atoms with Crippen LogP contribution < -0.4 is 19.7 Å². The minimum Gasteiger partial charge on any atom is -0.496 e. The smallest absolute Gasteiger partial charge is 0.329 e. The van der Waals surface area contributed by atoms with Crippen molar-refractivity contribution in [2.24, 2.45) is 11.8 Å². The van der Waals surface area contributed by atoms with E-state index < -0.39 is 11.5 Å². The van der Waals surface area contributed by atoms with Crippen molar-refractivity contribution in [3.05, 3.63) is 124 Å². The summed E-state index contributed by atoms with van der Waals surface area (Å²) >= 11 is 6.36. The summed E-state index contributed by atoms with van der Waals surface area (Å²) in [4.78, 5) is 32.3. The van der Waals surface area contributed by atoms with E-state index >= 15 is 0 Å². The summed E-state index contributed by atoms with van der Waals surface area (Å²) < 4.78 is 12.2. The lowest BCUT2D eigenvalue weighted by molar-refractivity contribution is -0.144. The number of halogens is 1. The average molecular weight is 856 g/mol. The highest BCUT2D eigenvalue weighted by Crippen LogP contribution is 2.56. The Morgan fingerprint density at radius 3 is 2.55 bits per heavy atom. The van der Waals surface area contributed by atoms with E-state index in [1.807, 2.05) is 67.0 Å². The summed E-state index contributed by atoms with van der Waals surface area (Å²) in [7, 11) is 1.68. The molecule has 324 valence electrons. The lowest BCUT2D eigenvalue weighted by Gasteiger charge is -2.47. The molecule has 9 rings (SSSR count). The van der Waals surface area contributed by atoms with E-state index in [1.165, 1.54) is 40.8 Å². The number of para-hydroxylation sites is 1. The van der Waals surface area contributed by atoms with E-state index in [2.05, 4.69) is 58.2 Å². The number of rotatable bonds is 13. The van der Waals surface area contributed by atoms with Crippen LogP contribution in [-0.2, 0) is 29.6 Å². The van der Waals surface area contributed by atoms with Crippen molar-refractivity contribution >= 4 is 29.1 Å². The number of fused-ring (bicyclic) bond motifs is 3. The Balaban J connectivity index is 0.920. The number of aryl methyl sites for hydroxylation is 1. The number of carbonyl (C=O) groups is 1. The number of benzene rings is 3. The van der Waals surface area contributed by atoms with E-state index in [1.54, 1.807) is 7.11 Å². The third-order valence-electron chi connectivity index (χ3n) is 14.4. The molecule has 3 atom stereocenters. The number of aliphatic carboxylic acids is 1. The van der Waals surface area contributed by atoms with E-state index in [-0.39, 0.29) is 5.41 Å². The second-order valence-electron chi connectivity index (χ2n) is 18.4. The lowest BCUT2D eigenvalue weighted by atomic mass is 9.59. The number of hydrogen-bond donors (Lipinski definition) is 2. The van der Waals surface area contributed by atoms with Crippen molar-refractivity contribution in [3.8, 4) is 22.9 Å². The van der Waals surface area contributed by atoms with Crippen LogP contribution in [0.4, 0.5) is 11.5 Å². The van der Waals surface area contributed by atoms with Gasteiger partial charge in [0.1, 0.15) is 22.9 Å². The molecule has 2 fully saturated rings. The molecule has 1 aliphatic heterocycles. The maximum Gasteiger partial charge on any atom is 0.329 e. The van der Waals surface area contributed by atoms with Crippen LogP contribution in [0.1, 0.15) is 92.7 Å². The molecule has 2 aromatic heterocycles. The van der Waals surface area contributed by atoms with E-state index in [0.717, 1.165) is 93.4 Å². The standard InChI is InChI=1S/C51H59ClN6O4/c1-34(33-62-45-16-22-53-43-12-6-8-35(2)47(43)45)28-38-30-37-15-14-36(29-42(37)50(38)18-20-51(21-19-50,49(59)60)56-40-10-7-9-39(52)31-40)32-57-24-26-58(27-25-57)46-17-23-54-48(55-46)41-11-4-5-13-44(41)61-3/h4-5,7,9-11,13-17,22-23,29,31,34-35,38,56H,6,8,12,18-21,24-28,30,32-33H2,1-3H3,(H,59,60)/t34-,35-,38?,50?,51?/m1/s1. The molecule has 4 aliphatic rings. The zero-order valence-electron chi connectivity index (χ0n) is 36.3. The fourth-order valence-electron chi connectivity index (χ4n) is 11.1. The Morgan fingerprint density at radius 2 is 1.76 bits per heavy atom. The fourth-order valence-corrected chi connectivity index (χ4v) is 11.3. The predicted octanol–water partition coefficient (Wildman–Crippen LogP) is 9.99. The molecule has 5 aromatic rings. The van der Waals surface area contributed by atoms with Gasteiger partial charge in [-0.05, 0) is 140 Å². The summed E-state index contributed by atoms with van der Waals surface area (Å²) in [6.07, 6.45) is 11.8. The van der Waals surface area contributed by atoms with Crippen LogP contribution in [0.5, 0.6) is 11.5 Å². The van der Waals surface area contributed by atoms with Gasteiger partial charge in [0.05, 0.1) is 19.3 Å². The fraction of sp³-hybridized carbons (Fsp3) is 0.451. The zero-order chi connectivity index (χ0) is 42.8. The van der Waals surface area contributed by atoms with Crippen LogP contribution in [0.25, 0.3) is 11.4 Å². The number of nitrogens with one attached hydrogen (secondary N) is 1. The third kappa shape index (κ3) is 8.48. The van der Waals surface area contributed by atoms with Crippen LogP contribution in [0.2, 0.25) is 5.02 Å². The number of methoxy groups -OCH3 is 1. The van der Waals surface area contributed by atoms with Crippen LogP contribution in [-0.4, -0.2) is 76.4 Å². The zero-order valence-corrected chi connectivity index (χ0v) is 37.0. The van der Waals surface area contributed by atoms with Crippen LogP contribution >= 0.6 is 11.6 Å². The van der Waals surface area contributed by atoms with Crippen LogP contribution in [0.15, 0.2) is 91.3 Å². The van der Waals surface area contributed by atoms with Crippen molar-refractivity contribution in [2.75, 3.05) is 50.1 Å². The molecule has 2 N–H and O–H groups in total. The van der Waals surface area contributed by atoms with Crippen LogP contribution in [0, 0.1) is 11.8 Å². The summed E-state index contributed by atoms with van der Waals surface area (Å²) in [5, 5.41) is 14.8.